The fraction of sp³-hybridized carbons (Fsp3) is 0.364. The smallest absolute Gasteiger partial charge is 0.310 e. The van der Waals surface area contributed by atoms with E-state index >= 15 is 0 Å². The fourth-order valence-electron chi connectivity index (χ4n) is 1.16. The predicted octanol–water partition coefficient (Wildman–Crippen LogP) is 1.76. The molecule has 0 aromatic heterocycles. The zero-order valence-corrected chi connectivity index (χ0v) is 8.49. The summed E-state index contributed by atoms with van der Waals surface area (Å²) in [6.07, 6.45) is 0.164. The number of nitrogens with two attached hydrogens (primary N) is 1. The van der Waals surface area contributed by atoms with Gasteiger partial charge in [-0.1, -0.05) is 18.2 Å². The van der Waals surface area contributed by atoms with Gasteiger partial charge in [0.1, 0.15) is 0 Å². The van der Waals surface area contributed by atoms with E-state index in [4.69, 9.17) is 10.5 Å². The van der Waals surface area contributed by atoms with Gasteiger partial charge >= 0.3 is 5.97 Å². The summed E-state index contributed by atoms with van der Waals surface area (Å²) in [6, 6.07) is 7.30. The molecule has 14 heavy (non-hydrogen) atoms. The molecule has 3 nitrogen and oxygen atoms in total. The van der Waals surface area contributed by atoms with Crippen LogP contribution in [0.4, 0.5) is 5.69 Å². The van der Waals surface area contributed by atoms with Crippen LogP contribution in [0, 0.1) is 0 Å². The maximum absolute atomic E-state index is 11.3. The van der Waals surface area contributed by atoms with Gasteiger partial charge in [0.2, 0.25) is 0 Å². The molecule has 0 fully saturated rings. The maximum Gasteiger partial charge on any atom is 0.310 e. The molecular weight excluding hydrogens is 178 g/mol. The molecule has 1 rings (SSSR count). The molecule has 0 aliphatic carbocycles. The number of rotatable bonds is 3. The highest BCUT2D eigenvalue weighted by molar-refractivity contribution is 5.74. The van der Waals surface area contributed by atoms with E-state index in [9.17, 15) is 4.79 Å². The van der Waals surface area contributed by atoms with Gasteiger partial charge in [0, 0.05) is 5.69 Å². The number of hydrogen-bond donors (Lipinski definition) is 1. The molecule has 0 amide bonds. The van der Waals surface area contributed by atoms with Gasteiger partial charge in [-0.2, -0.15) is 0 Å². The number of benzene rings is 1. The van der Waals surface area contributed by atoms with Gasteiger partial charge in [-0.3, -0.25) is 4.79 Å². The van der Waals surface area contributed by atoms with Gasteiger partial charge in [0.15, 0.2) is 0 Å². The zero-order chi connectivity index (χ0) is 10.6. The van der Waals surface area contributed by atoms with Gasteiger partial charge in [-0.15, -0.1) is 0 Å². The minimum absolute atomic E-state index is 0.0764. The minimum atomic E-state index is -0.238. The molecule has 0 aliphatic heterocycles. The Kier molecular flexibility index (Phi) is 3.51. The third-order valence-electron chi connectivity index (χ3n) is 1.76. The zero-order valence-electron chi connectivity index (χ0n) is 8.49. The predicted molar refractivity (Wildman–Crippen MR) is 55.8 cm³/mol. The van der Waals surface area contributed by atoms with E-state index in [0.29, 0.717) is 5.69 Å². The van der Waals surface area contributed by atoms with E-state index in [1.807, 2.05) is 32.0 Å². The number of carbonyl (C=O) groups is 1. The molecule has 0 spiro atoms. The Morgan fingerprint density at radius 2 is 2.07 bits per heavy atom. The number of nitrogen functional groups attached to an aromatic ring is 1. The molecular formula is C11H15NO2. The number of hydrogen-bond acceptors (Lipinski definition) is 3. The summed E-state index contributed by atoms with van der Waals surface area (Å²) in [7, 11) is 0. The lowest BCUT2D eigenvalue weighted by atomic mass is 10.1. The third-order valence-corrected chi connectivity index (χ3v) is 1.76. The highest BCUT2D eigenvalue weighted by atomic mass is 16.5. The first kappa shape index (κ1) is 10.6. The highest BCUT2D eigenvalue weighted by Gasteiger charge is 2.08. The Morgan fingerprint density at radius 1 is 1.43 bits per heavy atom. The first-order valence-corrected chi connectivity index (χ1v) is 4.62. The molecule has 2 N–H and O–H groups in total. The standard InChI is InChI=1S/C11H15NO2/c1-8(2)14-11(13)7-9-5-3-4-6-10(9)12/h3-6,8H,7,12H2,1-2H3. The van der Waals surface area contributed by atoms with E-state index in [1.165, 1.54) is 0 Å². The summed E-state index contributed by atoms with van der Waals surface area (Å²) >= 11 is 0. The lowest BCUT2D eigenvalue weighted by Gasteiger charge is -2.08. The normalized spacial score (nSPS) is 10.2. The van der Waals surface area contributed by atoms with Crippen molar-refractivity contribution in [3.63, 3.8) is 0 Å². The highest BCUT2D eigenvalue weighted by Crippen LogP contribution is 2.11. The number of para-hydroxylation sites is 1. The average molecular weight is 193 g/mol. The Labute approximate surface area is 83.9 Å². The first-order chi connectivity index (χ1) is 6.59. The number of anilines is 1. The molecule has 1 aromatic rings. The van der Waals surface area contributed by atoms with Crippen LogP contribution in [0.3, 0.4) is 0 Å². The summed E-state index contributed by atoms with van der Waals surface area (Å²) in [5, 5.41) is 0. The molecule has 0 heterocycles. The second kappa shape index (κ2) is 4.65. The van der Waals surface area contributed by atoms with Crippen LogP contribution in [0.5, 0.6) is 0 Å². The number of esters is 1. The molecule has 0 saturated carbocycles. The Morgan fingerprint density at radius 3 is 2.64 bits per heavy atom. The Hall–Kier alpha value is -1.51. The molecule has 0 saturated heterocycles. The van der Waals surface area contributed by atoms with Gasteiger partial charge in [-0.25, -0.2) is 0 Å². The summed E-state index contributed by atoms with van der Waals surface area (Å²) < 4.78 is 5.01. The number of carbonyl (C=O) groups excluding carboxylic acids is 1. The van der Waals surface area contributed by atoms with E-state index in [1.54, 1.807) is 6.07 Å². The van der Waals surface area contributed by atoms with Crippen LogP contribution >= 0.6 is 0 Å². The van der Waals surface area contributed by atoms with E-state index in [2.05, 4.69) is 0 Å². The molecule has 0 unspecified atom stereocenters. The van der Waals surface area contributed by atoms with E-state index < -0.39 is 0 Å². The summed E-state index contributed by atoms with van der Waals surface area (Å²) in [5.41, 5.74) is 7.14. The molecule has 3 heteroatoms. The van der Waals surface area contributed by atoms with Crippen LogP contribution in [0.1, 0.15) is 19.4 Å². The van der Waals surface area contributed by atoms with Crippen molar-refractivity contribution in [3.05, 3.63) is 29.8 Å². The van der Waals surface area contributed by atoms with E-state index in [-0.39, 0.29) is 18.5 Å². The Bertz CT molecular complexity index is 321. The molecule has 0 atom stereocenters. The molecule has 0 aliphatic rings. The van der Waals surface area contributed by atoms with Crippen molar-refractivity contribution in [1.29, 1.82) is 0 Å². The van der Waals surface area contributed by atoms with Gasteiger partial charge in [0.25, 0.3) is 0 Å². The second-order valence-electron chi connectivity index (χ2n) is 3.41. The first-order valence-electron chi connectivity index (χ1n) is 4.62. The summed E-state index contributed by atoms with van der Waals surface area (Å²) in [4.78, 5) is 11.3. The van der Waals surface area contributed by atoms with Crippen molar-refractivity contribution in [2.24, 2.45) is 0 Å². The van der Waals surface area contributed by atoms with Crippen molar-refractivity contribution in [3.8, 4) is 0 Å². The quantitative estimate of drug-likeness (QED) is 0.588. The van der Waals surface area contributed by atoms with Crippen LogP contribution in [-0.2, 0) is 16.0 Å². The van der Waals surface area contributed by atoms with Crippen LogP contribution in [0.15, 0.2) is 24.3 Å². The summed E-state index contributed by atoms with van der Waals surface area (Å²) in [6.45, 7) is 3.65. The van der Waals surface area contributed by atoms with Gasteiger partial charge < -0.3 is 10.5 Å². The van der Waals surface area contributed by atoms with Crippen molar-refractivity contribution in [2.45, 2.75) is 26.4 Å². The lowest BCUT2D eigenvalue weighted by molar-refractivity contribution is -0.146. The van der Waals surface area contributed by atoms with Crippen LogP contribution in [-0.4, -0.2) is 12.1 Å². The third kappa shape index (κ3) is 3.09. The van der Waals surface area contributed by atoms with Crippen molar-refractivity contribution < 1.29 is 9.53 Å². The molecule has 1 aromatic carbocycles. The van der Waals surface area contributed by atoms with Crippen LogP contribution < -0.4 is 5.73 Å². The number of ether oxygens (including phenoxy) is 1. The van der Waals surface area contributed by atoms with Gasteiger partial charge in [-0.05, 0) is 25.5 Å². The topological polar surface area (TPSA) is 52.3 Å². The molecule has 76 valence electrons. The average Bonchev–Trinajstić information content (AvgIpc) is 2.07. The Balaban J connectivity index is 2.61. The summed E-state index contributed by atoms with van der Waals surface area (Å²) in [5.74, 6) is -0.238. The second-order valence-corrected chi connectivity index (χ2v) is 3.41. The SMILES string of the molecule is CC(C)OC(=O)Cc1ccccc1N. The largest absolute Gasteiger partial charge is 0.463 e. The van der Waals surface area contributed by atoms with Crippen LogP contribution in [0.25, 0.3) is 0 Å². The fourth-order valence-corrected chi connectivity index (χ4v) is 1.16. The van der Waals surface area contributed by atoms with Crippen molar-refractivity contribution >= 4 is 11.7 Å². The van der Waals surface area contributed by atoms with Crippen molar-refractivity contribution in [1.82, 2.24) is 0 Å². The van der Waals surface area contributed by atoms with Gasteiger partial charge in [0.05, 0.1) is 12.5 Å². The van der Waals surface area contributed by atoms with Crippen molar-refractivity contribution in [2.75, 3.05) is 5.73 Å². The minimum Gasteiger partial charge on any atom is -0.463 e. The lowest BCUT2D eigenvalue weighted by Crippen LogP contribution is -2.14. The molecule has 0 radical (unpaired) electrons. The van der Waals surface area contributed by atoms with E-state index in [0.717, 1.165) is 5.56 Å². The monoisotopic (exact) mass is 193 g/mol. The maximum atomic E-state index is 11.3. The molecule has 0 bridgehead atoms. The van der Waals surface area contributed by atoms with Crippen LogP contribution in [0.2, 0.25) is 0 Å².